The summed E-state index contributed by atoms with van der Waals surface area (Å²) in [6.07, 6.45) is 1.46. The normalized spacial score (nSPS) is 15.4. The highest BCUT2D eigenvalue weighted by Crippen LogP contribution is 2.41. The van der Waals surface area contributed by atoms with Gasteiger partial charge in [-0.05, 0) is 38.1 Å². The molecule has 1 atom stereocenters. The van der Waals surface area contributed by atoms with E-state index in [1.54, 1.807) is 37.3 Å². The van der Waals surface area contributed by atoms with Crippen molar-refractivity contribution >= 4 is 29.1 Å². The number of dihydropyridines is 1. The Morgan fingerprint density at radius 1 is 1.11 bits per heavy atom. The van der Waals surface area contributed by atoms with E-state index in [9.17, 15) is 19.2 Å². The molecule has 2 N–H and O–H groups in total. The molecule has 4 rings (SSSR count). The number of thioether (sulfide) groups is 1. The molecule has 0 saturated heterocycles. The highest BCUT2D eigenvalue weighted by Gasteiger charge is 2.36. The predicted molar refractivity (Wildman–Crippen MR) is 133 cm³/mol. The van der Waals surface area contributed by atoms with Gasteiger partial charge < -0.3 is 15.1 Å². The van der Waals surface area contributed by atoms with Gasteiger partial charge in [0, 0.05) is 11.3 Å². The van der Waals surface area contributed by atoms with Crippen LogP contribution < -0.4 is 10.6 Å². The van der Waals surface area contributed by atoms with Gasteiger partial charge in [0.05, 0.1) is 45.9 Å². The van der Waals surface area contributed by atoms with Gasteiger partial charge >= 0.3 is 0 Å². The van der Waals surface area contributed by atoms with E-state index in [1.807, 2.05) is 19.1 Å². The predicted octanol–water partition coefficient (Wildman–Crippen LogP) is 5.68. The number of amides is 1. The maximum Gasteiger partial charge on any atom is 0.254 e. The Bertz CT molecular complexity index is 1370. The van der Waals surface area contributed by atoms with Gasteiger partial charge in [0.1, 0.15) is 11.6 Å². The van der Waals surface area contributed by atoms with Crippen LogP contribution in [-0.2, 0) is 4.79 Å². The van der Waals surface area contributed by atoms with Gasteiger partial charge in [-0.2, -0.15) is 5.26 Å². The first-order valence-electron chi connectivity index (χ1n) is 10.8. The number of para-hydroxylation sites is 1. The minimum atomic E-state index is -0.819. The van der Waals surface area contributed by atoms with Crippen molar-refractivity contribution in [2.24, 2.45) is 0 Å². The summed E-state index contributed by atoms with van der Waals surface area (Å²) < 4.78 is 19.8. The van der Waals surface area contributed by atoms with E-state index in [-0.39, 0.29) is 28.4 Å². The maximum absolute atomic E-state index is 14.2. The number of hydrogen-bond donors (Lipinski definition) is 2. The number of halogens is 1. The molecule has 0 spiro atoms. The minimum absolute atomic E-state index is 0.0300. The minimum Gasteiger partial charge on any atom is -0.468 e. The molecule has 1 aliphatic heterocycles. The van der Waals surface area contributed by atoms with Crippen LogP contribution in [0.2, 0.25) is 0 Å². The molecule has 2 aromatic carbocycles. The highest BCUT2D eigenvalue weighted by atomic mass is 32.2. The molecule has 2 heterocycles. The lowest BCUT2D eigenvalue weighted by molar-refractivity contribution is -0.113. The molecule has 0 radical (unpaired) electrons. The van der Waals surface area contributed by atoms with Crippen molar-refractivity contribution < 1.29 is 18.4 Å². The van der Waals surface area contributed by atoms with Crippen LogP contribution in [0, 0.1) is 24.1 Å². The van der Waals surface area contributed by atoms with Crippen LogP contribution in [-0.4, -0.2) is 17.4 Å². The molecular weight excluding hydrogens is 465 g/mol. The molecule has 0 fully saturated rings. The molecule has 1 amide bonds. The number of carbonyl (C=O) groups is 2. The third-order valence-corrected chi connectivity index (χ3v) is 6.58. The number of nitrogens with zero attached hydrogens (tertiary/aromatic N) is 1. The fraction of sp³-hybridized carbons (Fsp3) is 0.148. The second-order valence-electron chi connectivity index (χ2n) is 7.98. The molecule has 1 aromatic heterocycles. The van der Waals surface area contributed by atoms with Crippen LogP contribution in [0.3, 0.4) is 0 Å². The molecule has 6 nitrogen and oxygen atoms in total. The Hall–Kier alpha value is -4.09. The fourth-order valence-corrected chi connectivity index (χ4v) is 4.77. The van der Waals surface area contributed by atoms with Gasteiger partial charge in [-0.1, -0.05) is 53.7 Å². The SMILES string of the molecule is CC1=C(C(=O)Nc2ccccc2F)[C@@H](c2ccco2)C(C#N)=C(SCC(=O)c2ccc(C)cc2)N1. The van der Waals surface area contributed by atoms with Crippen LogP contribution in [0.5, 0.6) is 0 Å². The van der Waals surface area contributed by atoms with Crippen molar-refractivity contribution in [3.63, 3.8) is 0 Å². The number of nitriles is 1. The number of hydrogen-bond acceptors (Lipinski definition) is 6. The summed E-state index contributed by atoms with van der Waals surface area (Å²) in [5, 5.41) is 16.2. The largest absolute Gasteiger partial charge is 0.468 e. The molecule has 3 aromatic rings. The summed E-state index contributed by atoms with van der Waals surface area (Å²) >= 11 is 1.19. The topological polar surface area (TPSA) is 95.1 Å². The highest BCUT2D eigenvalue weighted by molar-refractivity contribution is 8.03. The molecule has 0 aliphatic carbocycles. The van der Waals surface area contributed by atoms with Gasteiger partial charge in [0.15, 0.2) is 5.78 Å². The zero-order chi connectivity index (χ0) is 24.9. The van der Waals surface area contributed by atoms with E-state index in [4.69, 9.17) is 4.42 Å². The first-order valence-corrected chi connectivity index (χ1v) is 11.8. The van der Waals surface area contributed by atoms with Crippen LogP contribution >= 0.6 is 11.8 Å². The smallest absolute Gasteiger partial charge is 0.254 e. The van der Waals surface area contributed by atoms with Crippen LogP contribution in [0.4, 0.5) is 10.1 Å². The Labute approximate surface area is 206 Å². The Kier molecular flexibility index (Phi) is 7.18. The van der Waals surface area contributed by atoms with E-state index in [0.717, 1.165) is 5.56 Å². The summed E-state index contributed by atoms with van der Waals surface area (Å²) in [5.41, 5.74) is 2.62. The lowest BCUT2D eigenvalue weighted by Gasteiger charge is -2.28. The van der Waals surface area contributed by atoms with Crippen LogP contribution in [0.15, 0.2) is 93.2 Å². The standard InChI is InChI=1S/C27H22FN3O3S/c1-16-9-11-18(12-10-16)22(32)15-35-27-19(14-29)25(23-8-5-13-34-23)24(17(2)30-27)26(33)31-21-7-4-3-6-20(21)28/h3-13,25,30H,15H2,1-2H3,(H,31,33)/t25-/m1/s1. The van der Waals surface area contributed by atoms with Crippen molar-refractivity contribution in [3.05, 3.63) is 112 Å². The van der Waals surface area contributed by atoms with E-state index in [1.165, 1.54) is 36.2 Å². The summed E-state index contributed by atoms with van der Waals surface area (Å²) in [7, 11) is 0. The Morgan fingerprint density at radius 3 is 2.51 bits per heavy atom. The molecule has 0 unspecified atom stereocenters. The lowest BCUT2D eigenvalue weighted by Crippen LogP contribution is -2.31. The quantitative estimate of drug-likeness (QED) is 0.417. The first-order chi connectivity index (χ1) is 16.9. The summed E-state index contributed by atoms with van der Waals surface area (Å²) in [4.78, 5) is 26.0. The van der Waals surface area contributed by atoms with Gasteiger partial charge in [-0.25, -0.2) is 4.39 Å². The summed E-state index contributed by atoms with van der Waals surface area (Å²) in [5.74, 6) is -1.54. The van der Waals surface area contributed by atoms with Crippen molar-refractivity contribution in [2.75, 3.05) is 11.1 Å². The number of anilines is 1. The second-order valence-corrected chi connectivity index (χ2v) is 8.96. The van der Waals surface area contributed by atoms with Crippen molar-refractivity contribution in [1.29, 1.82) is 5.26 Å². The third-order valence-electron chi connectivity index (χ3n) is 5.56. The number of ketones is 1. The van der Waals surface area contributed by atoms with E-state index >= 15 is 0 Å². The van der Waals surface area contributed by atoms with E-state index in [2.05, 4.69) is 16.7 Å². The van der Waals surface area contributed by atoms with Crippen molar-refractivity contribution in [1.82, 2.24) is 5.32 Å². The molecule has 8 heteroatoms. The number of Topliss-reactive ketones (excluding diaryl/α,β-unsaturated/α-hetero) is 1. The number of allylic oxidation sites excluding steroid dienone is 2. The zero-order valence-electron chi connectivity index (χ0n) is 19.1. The summed E-state index contributed by atoms with van der Waals surface area (Å²) in [6.45, 7) is 3.64. The number of benzene rings is 2. The maximum atomic E-state index is 14.2. The zero-order valence-corrected chi connectivity index (χ0v) is 19.9. The molecule has 0 bridgehead atoms. The molecule has 0 saturated carbocycles. The molecule has 35 heavy (non-hydrogen) atoms. The Balaban J connectivity index is 1.64. The van der Waals surface area contributed by atoms with E-state index < -0.39 is 17.6 Å². The Morgan fingerprint density at radius 2 is 1.86 bits per heavy atom. The molecule has 1 aliphatic rings. The average molecular weight is 488 g/mol. The van der Waals surface area contributed by atoms with Gasteiger partial charge in [-0.3, -0.25) is 9.59 Å². The second kappa shape index (κ2) is 10.5. The number of nitrogens with one attached hydrogen (secondary N) is 2. The van der Waals surface area contributed by atoms with Crippen LogP contribution in [0.1, 0.15) is 34.5 Å². The molecule has 176 valence electrons. The lowest BCUT2D eigenvalue weighted by atomic mass is 9.85. The summed E-state index contributed by atoms with van der Waals surface area (Å²) in [6, 6.07) is 18.7. The number of carbonyl (C=O) groups excluding carboxylic acids is 2. The van der Waals surface area contributed by atoms with Crippen molar-refractivity contribution in [3.8, 4) is 6.07 Å². The fourth-order valence-electron chi connectivity index (χ4n) is 3.78. The third kappa shape index (κ3) is 5.20. The van der Waals surface area contributed by atoms with Gasteiger partial charge in [0.25, 0.3) is 5.91 Å². The monoisotopic (exact) mass is 487 g/mol. The van der Waals surface area contributed by atoms with Crippen molar-refractivity contribution in [2.45, 2.75) is 19.8 Å². The number of rotatable bonds is 7. The van der Waals surface area contributed by atoms with Crippen LogP contribution in [0.25, 0.3) is 0 Å². The number of furan rings is 1. The average Bonchev–Trinajstić information content (AvgIpc) is 3.38. The van der Waals surface area contributed by atoms with Gasteiger partial charge in [-0.15, -0.1) is 0 Å². The first kappa shape index (κ1) is 24.0. The molecular formula is C27H22FN3O3S. The number of aryl methyl sites for hydroxylation is 1. The van der Waals surface area contributed by atoms with E-state index in [0.29, 0.717) is 22.0 Å². The van der Waals surface area contributed by atoms with Gasteiger partial charge in [0.2, 0.25) is 0 Å².